The molecule has 0 amide bonds. The fourth-order valence-corrected chi connectivity index (χ4v) is 5.28. The van der Waals surface area contributed by atoms with Gasteiger partial charge >= 0.3 is 0 Å². The summed E-state index contributed by atoms with van der Waals surface area (Å²) < 4.78 is 24.5. The molecule has 1 unspecified atom stereocenters. The molecule has 0 fully saturated rings. The Morgan fingerprint density at radius 3 is 2.09 bits per heavy atom. The number of carbonyl (C=O) groups is 1. The SMILES string of the molecule is CCCSC(C(=O)c1ccccc1)S(=O)(=O)c1ccccc1. The van der Waals surface area contributed by atoms with Crippen molar-refractivity contribution in [1.29, 1.82) is 0 Å². The smallest absolute Gasteiger partial charge is 0.198 e. The average molecular weight is 334 g/mol. The Hall–Kier alpha value is -1.59. The zero-order valence-electron chi connectivity index (χ0n) is 12.3. The molecule has 116 valence electrons. The van der Waals surface area contributed by atoms with E-state index in [0.717, 1.165) is 6.42 Å². The zero-order chi connectivity index (χ0) is 16.0. The maximum atomic E-state index is 12.8. The van der Waals surface area contributed by atoms with E-state index in [1.165, 1.54) is 23.9 Å². The van der Waals surface area contributed by atoms with Crippen molar-refractivity contribution >= 4 is 27.4 Å². The molecule has 0 heterocycles. The summed E-state index contributed by atoms with van der Waals surface area (Å²) in [6.45, 7) is 1.96. The van der Waals surface area contributed by atoms with E-state index in [9.17, 15) is 13.2 Å². The summed E-state index contributed by atoms with van der Waals surface area (Å²) in [5.41, 5.74) is 0.426. The van der Waals surface area contributed by atoms with Gasteiger partial charge in [-0.3, -0.25) is 4.79 Å². The Labute approximate surface area is 135 Å². The van der Waals surface area contributed by atoms with Crippen LogP contribution in [0, 0.1) is 0 Å². The Morgan fingerprint density at radius 2 is 1.55 bits per heavy atom. The molecular weight excluding hydrogens is 316 g/mol. The van der Waals surface area contributed by atoms with Crippen molar-refractivity contribution in [2.24, 2.45) is 0 Å². The number of thioether (sulfide) groups is 1. The molecule has 0 aliphatic rings. The summed E-state index contributed by atoms with van der Waals surface area (Å²) in [6.07, 6.45) is 0.813. The third kappa shape index (κ3) is 3.78. The molecule has 0 aromatic heterocycles. The topological polar surface area (TPSA) is 51.2 Å². The van der Waals surface area contributed by atoms with Gasteiger partial charge in [0.2, 0.25) is 0 Å². The minimum atomic E-state index is -3.71. The first-order valence-electron chi connectivity index (χ1n) is 7.07. The van der Waals surface area contributed by atoms with Gasteiger partial charge in [0.25, 0.3) is 0 Å². The van der Waals surface area contributed by atoms with Gasteiger partial charge in [-0.05, 0) is 24.3 Å². The van der Waals surface area contributed by atoms with Crippen LogP contribution in [-0.4, -0.2) is 24.5 Å². The third-order valence-electron chi connectivity index (χ3n) is 3.10. The van der Waals surface area contributed by atoms with E-state index < -0.39 is 14.4 Å². The molecule has 0 spiro atoms. The van der Waals surface area contributed by atoms with Crippen molar-refractivity contribution in [1.82, 2.24) is 0 Å². The molecule has 5 heteroatoms. The molecule has 0 saturated carbocycles. The van der Waals surface area contributed by atoms with E-state index >= 15 is 0 Å². The minimum Gasteiger partial charge on any atom is -0.292 e. The van der Waals surface area contributed by atoms with Crippen LogP contribution in [0.5, 0.6) is 0 Å². The van der Waals surface area contributed by atoms with Crippen LogP contribution in [0.3, 0.4) is 0 Å². The Balaban J connectivity index is 2.40. The first-order valence-corrected chi connectivity index (χ1v) is 9.66. The highest BCUT2D eigenvalue weighted by Gasteiger charge is 2.34. The van der Waals surface area contributed by atoms with Crippen molar-refractivity contribution < 1.29 is 13.2 Å². The first-order chi connectivity index (χ1) is 10.6. The highest BCUT2D eigenvalue weighted by molar-refractivity contribution is 8.14. The van der Waals surface area contributed by atoms with Gasteiger partial charge in [-0.25, -0.2) is 8.42 Å². The lowest BCUT2D eigenvalue weighted by atomic mass is 10.1. The highest BCUT2D eigenvalue weighted by atomic mass is 32.3. The maximum absolute atomic E-state index is 12.8. The molecule has 2 rings (SSSR count). The number of sulfone groups is 1. The summed E-state index contributed by atoms with van der Waals surface area (Å²) in [5, 5.41) is 0. The lowest BCUT2D eigenvalue weighted by Gasteiger charge is -2.16. The number of carbonyl (C=O) groups excluding carboxylic acids is 1. The van der Waals surface area contributed by atoms with Crippen molar-refractivity contribution in [3.05, 3.63) is 66.2 Å². The largest absolute Gasteiger partial charge is 0.292 e. The van der Waals surface area contributed by atoms with Gasteiger partial charge < -0.3 is 0 Å². The Kier molecular flexibility index (Phi) is 5.80. The fraction of sp³-hybridized carbons (Fsp3) is 0.235. The van der Waals surface area contributed by atoms with E-state index in [2.05, 4.69) is 0 Å². The predicted octanol–water partition coefficient (Wildman–Crippen LogP) is 3.81. The van der Waals surface area contributed by atoms with Crippen LogP contribution >= 0.6 is 11.8 Å². The van der Waals surface area contributed by atoms with E-state index in [0.29, 0.717) is 11.3 Å². The molecule has 2 aromatic rings. The highest BCUT2D eigenvalue weighted by Crippen LogP contribution is 2.28. The van der Waals surface area contributed by atoms with Crippen LogP contribution in [0.25, 0.3) is 0 Å². The molecule has 0 N–H and O–H groups in total. The summed E-state index contributed by atoms with van der Waals surface area (Å²) in [7, 11) is -3.71. The molecule has 0 aliphatic heterocycles. The summed E-state index contributed by atoms with van der Waals surface area (Å²) in [4.78, 5) is 12.9. The molecule has 1 atom stereocenters. The van der Waals surface area contributed by atoms with Crippen molar-refractivity contribution in [2.45, 2.75) is 22.8 Å². The van der Waals surface area contributed by atoms with Gasteiger partial charge in [0.1, 0.15) is 0 Å². The lowest BCUT2D eigenvalue weighted by Crippen LogP contribution is -2.28. The molecule has 2 aromatic carbocycles. The van der Waals surface area contributed by atoms with Crippen molar-refractivity contribution in [3.8, 4) is 0 Å². The van der Waals surface area contributed by atoms with Crippen LogP contribution in [-0.2, 0) is 9.84 Å². The number of rotatable bonds is 7. The van der Waals surface area contributed by atoms with Gasteiger partial charge in [-0.2, -0.15) is 0 Å². The maximum Gasteiger partial charge on any atom is 0.198 e. The third-order valence-corrected chi connectivity index (χ3v) is 7.14. The van der Waals surface area contributed by atoms with E-state index in [1.54, 1.807) is 48.5 Å². The van der Waals surface area contributed by atoms with Crippen LogP contribution in [0.4, 0.5) is 0 Å². The normalized spacial score (nSPS) is 12.8. The first kappa shape index (κ1) is 16.8. The Morgan fingerprint density at radius 1 is 1.00 bits per heavy atom. The quantitative estimate of drug-likeness (QED) is 0.723. The second kappa shape index (κ2) is 7.61. The van der Waals surface area contributed by atoms with E-state index in [-0.39, 0.29) is 10.7 Å². The molecule has 22 heavy (non-hydrogen) atoms. The van der Waals surface area contributed by atoms with Crippen LogP contribution < -0.4 is 0 Å². The van der Waals surface area contributed by atoms with Gasteiger partial charge in [-0.15, -0.1) is 11.8 Å². The van der Waals surface area contributed by atoms with E-state index in [1.807, 2.05) is 6.92 Å². The molecule has 0 saturated heterocycles. The van der Waals surface area contributed by atoms with Gasteiger partial charge in [0, 0.05) is 5.56 Å². The lowest BCUT2D eigenvalue weighted by molar-refractivity contribution is 0.101. The summed E-state index contributed by atoms with van der Waals surface area (Å²) in [5.74, 6) is 0.262. The van der Waals surface area contributed by atoms with Gasteiger partial charge in [0.15, 0.2) is 20.2 Å². The molecule has 0 aliphatic carbocycles. The molecular formula is C17H18O3S2. The standard InChI is InChI=1S/C17H18O3S2/c1-2-13-21-17(16(18)14-9-5-3-6-10-14)22(19,20)15-11-7-4-8-12-15/h3-12,17H,2,13H2,1H3. The van der Waals surface area contributed by atoms with Crippen molar-refractivity contribution in [2.75, 3.05) is 5.75 Å². The summed E-state index contributed by atoms with van der Waals surface area (Å²) in [6, 6.07) is 16.8. The molecule has 3 nitrogen and oxygen atoms in total. The predicted molar refractivity (Wildman–Crippen MR) is 90.9 cm³/mol. The number of ketones is 1. The van der Waals surface area contributed by atoms with Gasteiger partial charge in [-0.1, -0.05) is 55.5 Å². The van der Waals surface area contributed by atoms with Crippen molar-refractivity contribution in [3.63, 3.8) is 0 Å². The van der Waals surface area contributed by atoms with Crippen LogP contribution in [0.15, 0.2) is 65.6 Å². The number of hydrogen-bond acceptors (Lipinski definition) is 4. The molecule has 0 bridgehead atoms. The van der Waals surface area contributed by atoms with Gasteiger partial charge in [0.05, 0.1) is 4.90 Å². The molecule has 0 radical (unpaired) electrons. The monoisotopic (exact) mass is 334 g/mol. The second-order valence-corrected chi connectivity index (χ2v) is 8.34. The second-order valence-electron chi connectivity index (χ2n) is 4.79. The minimum absolute atomic E-state index is 0.188. The van der Waals surface area contributed by atoms with E-state index in [4.69, 9.17) is 0 Å². The van der Waals surface area contributed by atoms with Crippen LogP contribution in [0.1, 0.15) is 23.7 Å². The Bertz CT molecular complexity index is 710. The number of hydrogen-bond donors (Lipinski definition) is 0. The average Bonchev–Trinajstić information content (AvgIpc) is 2.56. The van der Waals surface area contributed by atoms with Crippen LogP contribution in [0.2, 0.25) is 0 Å². The number of benzene rings is 2. The fourth-order valence-electron chi connectivity index (χ4n) is 2.00. The zero-order valence-corrected chi connectivity index (χ0v) is 13.9. The number of Topliss-reactive ketones (excluding diaryl/α,β-unsaturated/α-hetero) is 1. The summed E-state index contributed by atoms with van der Waals surface area (Å²) >= 11 is 1.19.